The van der Waals surface area contributed by atoms with E-state index in [1.165, 1.54) is 36.3 Å². The van der Waals surface area contributed by atoms with Gasteiger partial charge in [0.25, 0.3) is 17.7 Å². The quantitative estimate of drug-likeness (QED) is 0.377. The van der Waals surface area contributed by atoms with E-state index in [0.717, 1.165) is 5.56 Å². The van der Waals surface area contributed by atoms with Crippen molar-refractivity contribution in [3.8, 4) is 5.75 Å². The largest absolute Gasteiger partial charge is 0.495 e. The van der Waals surface area contributed by atoms with Gasteiger partial charge in [0, 0.05) is 12.2 Å². The van der Waals surface area contributed by atoms with Crippen molar-refractivity contribution < 1.29 is 28.7 Å². The highest BCUT2D eigenvalue weighted by atomic mass is 35.5. The Hall–Kier alpha value is -4.17. The maximum Gasteiger partial charge on any atom is 0.338 e. The van der Waals surface area contributed by atoms with Gasteiger partial charge in [0.2, 0.25) is 0 Å². The Labute approximate surface area is 206 Å². The van der Waals surface area contributed by atoms with Gasteiger partial charge in [-0.2, -0.15) is 0 Å². The number of hydrogen-bond acceptors (Lipinski definition) is 6. The summed E-state index contributed by atoms with van der Waals surface area (Å²) < 4.78 is 10.1. The van der Waals surface area contributed by atoms with Crippen LogP contribution in [0.2, 0.25) is 5.02 Å². The molecular formula is C26H21ClN2O6. The molecule has 0 aliphatic carbocycles. The van der Waals surface area contributed by atoms with Crippen LogP contribution in [0, 0.1) is 0 Å². The number of halogens is 1. The van der Waals surface area contributed by atoms with E-state index in [2.05, 4.69) is 5.32 Å². The van der Waals surface area contributed by atoms with Crippen molar-refractivity contribution in [1.29, 1.82) is 0 Å². The number of ether oxygens (including phenoxy) is 2. The number of carbonyl (C=O) groups excluding carboxylic acids is 4. The maximum absolute atomic E-state index is 12.8. The van der Waals surface area contributed by atoms with Crippen molar-refractivity contribution in [3.05, 3.63) is 94.0 Å². The Balaban J connectivity index is 1.36. The van der Waals surface area contributed by atoms with Crippen LogP contribution in [0.4, 0.5) is 5.69 Å². The number of rotatable bonds is 8. The molecule has 0 radical (unpaired) electrons. The number of nitrogens with zero attached hydrogens (tertiary/aromatic N) is 1. The fraction of sp³-hybridized carbons (Fsp3) is 0.154. The third-order valence-electron chi connectivity index (χ3n) is 5.44. The van der Waals surface area contributed by atoms with E-state index in [1.54, 1.807) is 12.1 Å². The minimum Gasteiger partial charge on any atom is -0.495 e. The van der Waals surface area contributed by atoms with Crippen LogP contribution in [0.15, 0.2) is 66.7 Å². The second kappa shape index (κ2) is 10.4. The molecule has 1 aliphatic heterocycles. The van der Waals surface area contributed by atoms with Crippen LogP contribution in [-0.2, 0) is 16.0 Å². The molecule has 9 heteroatoms. The van der Waals surface area contributed by atoms with Gasteiger partial charge in [0.15, 0.2) is 6.61 Å². The number of fused-ring (bicyclic) bond motifs is 1. The van der Waals surface area contributed by atoms with Crippen molar-refractivity contribution in [2.45, 2.75) is 6.42 Å². The molecule has 0 bridgehead atoms. The summed E-state index contributed by atoms with van der Waals surface area (Å²) in [4.78, 5) is 51.3. The van der Waals surface area contributed by atoms with Gasteiger partial charge in [-0.05, 0) is 48.4 Å². The van der Waals surface area contributed by atoms with Gasteiger partial charge >= 0.3 is 5.97 Å². The van der Waals surface area contributed by atoms with Crippen molar-refractivity contribution in [2.24, 2.45) is 0 Å². The van der Waals surface area contributed by atoms with E-state index in [-0.39, 0.29) is 23.2 Å². The zero-order chi connectivity index (χ0) is 24.9. The molecule has 1 N–H and O–H groups in total. The smallest absolute Gasteiger partial charge is 0.338 e. The lowest BCUT2D eigenvalue weighted by Gasteiger charge is -2.13. The van der Waals surface area contributed by atoms with Crippen LogP contribution in [0.1, 0.15) is 36.6 Å². The van der Waals surface area contributed by atoms with Crippen LogP contribution in [0.3, 0.4) is 0 Å². The van der Waals surface area contributed by atoms with Crippen LogP contribution in [0.5, 0.6) is 5.75 Å². The van der Waals surface area contributed by atoms with E-state index in [9.17, 15) is 19.2 Å². The molecular weight excluding hydrogens is 472 g/mol. The summed E-state index contributed by atoms with van der Waals surface area (Å²) in [6.45, 7) is -0.318. The summed E-state index contributed by atoms with van der Waals surface area (Å²) in [5, 5.41) is 2.88. The minimum absolute atomic E-state index is 0.0649. The molecule has 3 aromatic rings. The molecule has 1 heterocycles. The summed E-state index contributed by atoms with van der Waals surface area (Å²) >= 11 is 6.03. The van der Waals surface area contributed by atoms with Crippen molar-refractivity contribution >= 4 is 41.0 Å². The summed E-state index contributed by atoms with van der Waals surface area (Å²) in [5.41, 5.74) is 1.84. The first-order valence-electron chi connectivity index (χ1n) is 10.7. The molecule has 0 fully saturated rings. The normalized spacial score (nSPS) is 12.3. The summed E-state index contributed by atoms with van der Waals surface area (Å²) in [6, 6.07) is 18.4. The fourth-order valence-corrected chi connectivity index (χ4v) is 3.92. The molecule has 0 aromatic heterocycles. The molecule has 0 saturated heterocycles. The molecule has 4 rings (SSSR count). The predicted octanol–water partition coefficient (Wildman–Crippen LogP) is 3.98. The molecule has 0 unspecified atom stereocenters. The summed E-state index contributed by atoms with van der Waals surface area (Å²) in [7, 11) is 1.48. The van der Waals surface area contributed by atoms with Crippen molar-refractivity contribution in [2.75, 3.05) is 25.6 Å². The number of methoxy groups -OCH3 is 1. The number of hydrogen-bond donors (Lipinski definition) is 1. The van der Waals surface area contributed by atoms with Gasteiger partial charge in [0.1, 0.15) is 5.75 Å². The average molecular weight is 493 g/mol. The van der Waals surface area contributed by atoms with Crippen molar-refractivity contribution in [3.63, 3.8) is 0 Å². The van der Waals surface area contributed by atoms with Crippen LogP contribution >= 0.6 is 11.6 Å². The summed E-state index contributed by atoms with van der Waals surface area (Å²) in [6.07, 6.45) is 0.524. The minimum atomic E-state index is -0.793. The number of amides is 3. The molecule has 0 atom stereocenters. The number of carbonyl (C=O) groups is 4. The van der Waals surface area contributed by atoms with E-state index in [0.29, 0.717) is 22.9 Å². The van der Waals surface area contributed by atoms with Gasteiger partial charge in [-0.1, -0.05) is 41.9 Å². The highest BCUT2D eigenvalue weighted by Gasteiger charge is 2.35. The highest BCUT2D eigenvalue weighted by molar-refractivity contribution is 6.32. The number of imide groups is 1. The second-order valence-electron chi connectivity index (χ2n) is 7.73. The Morgan fingerprint density at radius 3 is 2.40 bits per heavy atom. The van der Waals surface area contributed by atoms with Gasteiger partial charge in [-0.15, -0.1) is 0 Å². The Bertz CT molecular complexity index is 1310. The first-order chi connectivity index (χ1) is 16.9. The number of benzene rings is 3. The molecule has 0 spiro atoms. The first kappa shape index (κ1) is 24.0. The Kier molecular flexibility index (Phi) is 7.12. The Morgan fingerprint density at radius 2 is 1.69 bits per heavy atom. The average Bonchev–Trinajstić information content (AvgIpc) is 3.10. The third kappa shape index (κ3) is 5.33. The maximum atomic E-state index is 12.8. The molecule has 0 saturated carbocycles. The van der Waals surface area contributed by atoms with Gasteiger partial charge in [0.05, 0.1) is 28.8 Å². The standard InChI is InChI=1S/C26H21ClN2O6/c1-34-22-10-8-18(14-21(22)27)28-23(30)15-35-26(33)17-7-9-19-20(13-17)25(32)29(24(19)31)12-11-16-5-3-2-4-6-16/h2-10,13-14H,11-12,15H2,1H3,(H,28,30). The first-order valence-corrected chi connectivity index (χ1v) is 11.1. The van der Waals surface area contributed by atoms with Crippen LogP contribution in [0.25, 0.3) is 0 Å². The zero-order valence-corrected chi connectivity index (χ0v) is 19.5. The molecule has 1 aliphatic rings. The molecule has 178 valence electrons. The second-order valence-corrected chi connectivity index (χ2v) is 8.14. The molecule has 35 heavy (non-hydrogen) atoms. The number of anilines is 1. The highest BCUT2D eigenvalue weighted by Crippen LogP contribution is 2.27. The van der Waals surface area contributed by atoms with E-state index < -0.39 is 30.3 Å². The van der Waals surface area contributed by atoms with Gasteiger partial charge < -0.3 is 14.8 Å². The van der Waals surface area contributed by atoms with Crippen LogP contribution < -0.4 is 10.1 Å². The van der Waals surface area contributed by atoms with Gasteiger partial charge in [-0.3, -0.25) is 19.3 Å². The lowest BCUT2D eigenvalue weighted by Crippen LogP contribution is -2.31. The van der Waals surface area contributed by atoms with E-state index >= 15 is 0 Å². The van der Waals surface area contributed by atoms with Crippen molar-refractivity contribution in [1.82, 2.24) is 4.90 Å². The lowest BCUT2D eigenvalue weighted by atomic mass is 10.1. The SMILES string of the molecule is COc1ccc(NC(=O)COC(=O)c2ccc3c(c2)C(=O)N(CCc2ccccc2)C3=O)cc1Cl. The van der Waals surface area contributed by atoms with E-state index in [1.807, 2.05) is 30.3 Å². The number of nitrogens with one attached hydrogen (secondary N) is 1. The Morgan fingerprint density at radius 1 is 0.943 bits per heavy atom. The fourth-order valence-electron chi connectivity index (χ4n) is 3.66. The van der Waals surface area contributed by atoms with E-state index in [4.69, 9.17) is 21.1 Å². The molecule has 3 amide bonds. The van der Waals surface area contributed by atoms with Gasteiger partial charge in [-0.25, -0.2) is 4.79 Å². The summed E-state index contributed by atoms with van der Waals surface area (Å²) in [5.74, 6) is -1.78. The number of esters is 1. The third-order valence-corrected chi connectivity index (χ3v) is 5.74. The lowest BCUT2D eigenvalue weighted by molar-refractivity contribution is -0.119. The molecule has 3 aromatic carbocycles. The van der Waals surface area contributed by atoms with Crippen LogP contribution in [-0.4, -0.2) is 48.9 Å². The molecule has 8 nitrogen and oxygen atoms in total. The zero-order valence-electron chi connectivity index (χ0n) is 18.7. The monoisotopic (exact) mass is 492 g/mol. The topological polar surface area (TPSA) is 102 Å². The predicted molar refractivity (Wildman–Crippen MR) is 129 cm³/mol.